The van der Waals surface area contributed by atoms with Gasteiger partial charge in [-0.05, 0) is 49.1 Å². The molecule has 1 aromatic heterocycles. The summed E-state index contributed by atoms with van der Waals surface area (Å²) in [5.74, 6) is -0.448. The second kappa shape index (κ2) is 7.13. The molecule has 0 unspecified atom stereocenters. The molecule has 4 nitrogen and oxygen atoms in total. The molecule has 0 radical (unpaired) electrons. The monoisotopic (exact) mass is 402 g/mol. The lowest BCUT2D eigenvalue weighted by Crippen LogP contribution is -2.34. The van der Waals surface area contributed by atoms with Crippen molar-refractivity contribution in [3.8, 4) is 0 Å². The van der Waals surface area contributed by atoms with Crippen LogP contribution in [0, 0.1) is 17.6 Å². The molecule has 0 spiro atoms. The van der Waals surface area contributed by atoms with Crippen molar-refractivity contribution in [3.05, 3.63) is 60.3 Å². The van der Waals surface area contributed by atoms with E-state index in [1.807, 2.05) is 4.90 Å². The minimum atomic E-state index is -3.95. The Balaban J connectivity index is 1.95. The molecular weight excluding hydrogens is 382 g/mol. The van der Waals surface area contributed by atoms with Crippen LogP contribution in [0.3, 0.4) is 0 Å². The summed E-state index contributed by atoms with van der Waals surface area (Å²) < 4.78 is 54.2. The fraction of sp³-hybridized carbons (Fsp3) is 0.286. The molecule has 1 aliphatic rings. The van der Waals surface area contributed by atoms with Gasteiger partial charge in [0.1, 0.15) is 22.0 Å². The van der Waals surface area contributed by atoms with E-state index in [2.05, 4.69) is 11.9 Å². The van der Waals surface area contributed by atoms with Crippen molar-refractivity contribution in [3.63, 3.8) is 0 Å². The number of halogens is 2. The third kappa shape index (κ3) is 3.24. The molecule has 1 saturated heterocycles. The number of anilines is 1. The van der Waals surface area contributed by atoms with Crippen LogP contribution in [0.5, 0.6) is 0 Å². The van der Waals surface area contributed by atoms with E-state index in [0.717, 1.165) is 25.0 Å². The Labute approximate surface area is 162 Å². The number of para-hydroxylation sites is 1. The van der Waals surface area contributed by atoms with E-state index in [9.17, 15) is 17.2 Å². The van der Waals surface area contributed by atoms with Crippen LogP contribution in [0.25, 0.3) is 10.9 Å². The zero-order chi connectivity index (χ0) is 19.9. The van der Waals surface area contributed by atoms with Crippen LogP contribution < -0.4 is 4.90 Å². The highest BCUT2D eigenvalue weighted by Gasteiger charge is 2.29. The first kappa shape index (κ1) is 18.8. The van der Waals surface area contributed by atoms with Crippen molar-refractivity contribution in [2.75, 3.05) is 18.0 Å². The molecule has 28 heavy (non-hydrogen) atoms. The fourth-order valence-electron chi connectivity index (χ4n) is 3.65. The van der Waals surface area contributed by atoms with Gasteiger partial charge in [-0.15, -0.1) is 0 Å². The molecule has 2 aromatic carbocycles. The van der Waals surface area contributed by atoms with Gasteiger partial charge in [-0.3, -0.25) is 4.98 Å². The van der Waals surface area contributed by atoms with Gasteiger partial charge in [-0.2, -0.15) is 0 Å². The molecule has 0 N–H and O–H groups in total. The highest BCUT2D eigenvalue weighted by atomic mass is 32.2. The quantitative estimate of drug-likeness (QED) is 0.602. The van der Waals surface area contributed by atoms with E-state index in [0.29, 0.717) is 30.1 Å². The summed E-state index contributed by atoms with van der Waals surface area (Å²) in [5, 5.41) is 0.470. The van der Waals surface area contributed by atoms with Crippen molar-refractivity contribution in [2.45, 2.75) is 29.6 Å². The van der Waals surface area contributed by atoms with E-state index in [1.54, 1.807) is 12.1 Å². The SMILES string of the molecule is CC1CCN(c2c(S(=O)(=O)c3ccc(F)cc3)cnc3c(F)cccc23)CC1. The summed E-state index contributed by atoms with van der Waals surface area (Å²) in [5.41, 5.74) is 0.620. The lowest BCUT2D eigenvalue weighted by Gasteiger charge is -2.34. The highest BCUT2D eigenvalue weighted by molar-refractivity contribution is 7.91. The van der Waals surface area contributed by atoms with Crippen molar-refractivity contribution < 1.29 is 17.2 Å². The van der Waals surface area contributed by atoms with Crippen molar-refractivity contribution in [2.24, 2.45) is 5.92 Å². The summed E-state index contributed by atoms with van der Waals surface area (Å²) in [6.45, 7) is 3.53. The average molecular weight is 402 g/mol. The highest BCUT2D eigenvalue weighted by Crippen LogP contribution is 2.38. The van der Waals surface area contributed by atoms with E-state index < -0.39 is 21.5 Å². The van der Waals surface area contributed by atoms with Gasteiger partial charge in [-0.1, -0.05) is 19.1 Å². The minimum Gasteiger partial charge on any atom is -0.370 e. The number of benzene rings is 2. The van der Waals surface area contributed by atoms with Gasteiger partial charge < -0.3 is 4.90 Å². The van der Waals surface area contributed by atoms with Gasteiger partial charge in [0.15, 0.2) is 0 Å². The molecule has 1 fully saturated rings. The summed E-state index contributed by atoms with van der Waals surface area (Å²) in [4.78, 5) is 6.11. The van der Waals surface area contributed by atoms with Crippen LogP contribution >= 0.6 is 0 Å². The molecule has 0 amide bonds. The maximum atomic E-state index is 14.3. The standard InChI is InChI=1S/C21H20F2N2O2S/c1-14-9-11-25(12-10-14)21-17-3-2-4-18(23)20(17)24-13-19(21)28(26,27)16-7-5-15(22)6-8-16/h2-8,13-14H,9-12H2,1H3. The Morgan fingerprint density at radius 3 is 2.39 bits per heavy atom. The molecule has 7 heteroatoms. The summed E-state index contributed by atoms with van der Waals surface area (Å²) >= 11 is 0. The lowest BCUT2D eigenvalue weighted by atomic mass is 9.98. The van der Waals surface area contributed by atoms with Crippen LogP contribution in [0.2, 0.25) is 0 Å². The van der Waals surface area contributed by atoms with Crippen LogP contribution in [-0.4, -0.2) is 26.5 Å². The van der Waals surface area contributed by atoms with Crippen molar-refractivity contribution in [1.29, 1.82) is 0 Å². The molecule has 2 heterocycles. The van der Waals surface area contributed by atoms with E-state index in [1.165, 1.54) is 24.4 Å². The molecule has 1 aliphatic heterocycles. The molecular formula is C21H20F2N2O2S. The Hall–Kier alpha value is -2.54. The fourth-order valence-corrected chi connectivity index (χ4v) is 5.08. The lowest BCUT2D eigenvalue weighted by molar-refractivity contribution is 0.437. The molecule has 3 aromatic rings. The third-order valence-electron chi connectivity index (χ3n) is 5.30. The van der Waals surface area contributed by atoms with Crippen LogP contribution in [0.15, 0.2) is 58.5 Å². The Bertz CT molecular complexity index is 1120. The molecule has 0 atom stereocenters. The number of aromatic nitrogens is 1. The molecule has 146 valence electrons. The molecule has 0 bridgehead atoms. The number of rotatable bonds is 3. The van der Waals surface area contributed by atoms with Crippen molar-refractivity contribution >= 4 is 26.4 Å². The number of hydrogen-bond acceptors (Lipinski definition) is 4. The van der Waals surface area contributed by atoms with Gasteiger partial charge in [0.2, 0.25) is 9.84 Å². The van der Waals surface area contributed by atoms with Crippen LogP contribution in [0.1, 0.15) is 19.8 Å². The number of hydrogen-bond donors (Lipinski definition) is 0. The largest absolute Gasteiger partial charge is 0.370 e. The summed E-state index contributed by atoms with van der Waals surface area (Å²) in [7, 11) is -3.95. The minimum absolute atomic E-state index is 0.0157. The number of fused-ring (bicyclic) bond motifs is 1. The van der Waals surface area contributed by atoms with Gasteiger partial charge in [0, 0.05) is 24.7 Å². The van der Waals surface area contributed by atoms with E-state index >= 15 is 0 Å². The molecule has 0 aliphatic carbocycles. The van der Waals surface area contributed by atoms with E-state index in [4.69, 9.17) is 0 Å². The third-order valence-corrected chi connectivity index (χ3v) is 7.07. The second-order valence-electron chi connectivity index (χ2n) is 7.23. The maximum absolute atomic E-state index is 14.3. The van der Waals surface area contributed by atoms with Gasteiger partial charge in [-0.25, -0.2) is 17.2 Å². The summed E-state index contributed by atoms with van der Waals surface area (Å²) in [6, 6.07) is 9.27. The number of pyridine rings is 1. The first-order valence-electron chi connectivity index (χ1n) is 9.21. The Morgan fingerprint density at radius 2 is 1.71 bits per heavy atom. The molecule has 4 rings (SSSR count). The molecule has 0 saturated carbocycles. The predicted molar refractivity (Wildman–Crippen MR) is 104 cm³/mol. The zero-order valence-electron chi connectivity index (χ0n) is 15.4. The van der Waals surface area contributed by atoms with Crippen LogP contribution in [0.4, 0.5) is 14.5 Å². The number of piperidine rings is 1. The Kier molecular flexibility index (Phi) is 4.79. The Morgan fingerprint density at radius 1 is 1.04 bits per heavy atom. The topological polar surface area (TPSA) is 50.3 Å². The number of sulfone groups is 1. The van der Waals surface area contributed by atoms with Gasteiger partial charge in [0.05, 0.1) is 10.6 Å². The average Bonchev–Trinajstić information content (AvgIpc) is 2.68. The van der Waals surface area contributed by atoms with Gasteiger partial charge in [0.25, 0.3) is 0 Å². The van der Waals surface area contributed by atoms with Crippen LogP contribution in [-0.2, 0) is 9.84 Å². The smallest absolute Gasteiger partial charge is 0.210 e. The first-order valence-corrected chi connectivity index (χ1v) is 10.7. The van der Waals surface area contributed by atoms with Crippen molar-refractivity contribution in [1.82, 2.24) is 4.98 Å². The normalized spacial score (nSPS) is 15.9. The second-order valence-corrected chi connectivity index (χ2v) is 9.15. The first-order chi connectivity index (χ1) is 13.4. The van der Waals surface area contributed by atoms with E-state index in [-0.39, 0.29) is 15.3 Å². The number of nitrogens with zero attached hydrogens (tertiary/aromatic N) is 2. The summed E-state index contributed by atoms with van der Waals surface area (Å²) in [6.07, 6.45) is 3.07. The maximum Gasteiger partial charge on any atom is 0.210 e. The predicted octanol–water partition coefficient (Wildman–Crippen LogP) is 4.58. The van der Waals surface area contributed by atoms with Gasteiger partial charge >= 0.3 is 0 Å². The zero-order valence-corrected chi connectivity index (χ0v) is 16.2.